The molecule has 0 saturated heterocycles. The minimum absolute atomic E-state index is 0.336. The molecule has 0 aromatic carbocycles. The smallest absolute Gasteiger partial charge is 0.335 e. The van der Waals surface area contributed by atoms with Gasteiger partial charge in [0.05, 0.1) is 24.3 Å². The van der Waals surface area contributed by atoms with Crippen LogP contribution in [0.3, 0.4) is 0 Å². The van der Waals surface area contributed by atoms with Gasteiger partial charge in [-0.2, -0.15) is 0 Å². The second-order valence-corrected chi connectivity index (χ2v) is 11.4. The summed E-state index contributed by atoms with van der Waals surface area (Å²) in [6, 6.07) is 0. The second kappa shape index (κ2) is 10.7. The third-order valence-corrected chi connectivity index (χ3v) is 9.64. The summed E-state index contributed by atoms with van der Waals surface area (Å²) in [4.78, 5) is 11.7. The molecule has 4 nitrogen and oxygen atoms in total. The van der Waals surface area contributed by atoms with E-state index >= 15 is 0 Å². The molecule has 122 valence electrons. The lowest BCUT2D eigenvalue weighted by molar-refractivity contribution is -0.138. The van der Waals surface area contributed by atoms with E-state index in [9.17, 15) is 4.79 Å². The first kappa shape index (κ1) is 21.1. The zero-order valence-electron chi connectivity index (χ0n) is 13.2. The van der Waals surface area contributed by atoms with E-state index < -0.39 is 5.62 Å². The number of nitrogens with zero attached hydrogens (tertiary/aromatic N) is 1. The average molecular weight is 370 g/mol. The van der Waals surface area contributed by atoms with Gasteiger partial charge in [0.15, 0.2) is 0 Å². The highest BCUT2D eigenvalue weighted by atomic mass is 32.9. The van der Waals surface area contributed by atoms with Crippen molar-refractivity contribution in [1.29, 1.82) is 0 Å². The number of esters is 1. The standard InChI is InChI=1S/C13H24NO3PS3/c1-6-12(5)21-18(20,17-8-3)14(10-19)9-11(4)13(15)16-7-2/h9-10,12H,6-8H2,1-5H3. The maximum Gasteiger partial charge on any atom is 0.335 e. The third kappa shape index (κ3) is 7.24. The molecule has 0 aliphatic heterocycles. The van der Waals surface area contributed by atoms with Gasteiger partial charge in [-0.3, -0.25) is 4.67 Å². The van der Waals surface area contributed by atoms with Crippen molar-refractivity contribution in [1.82, 2.24) is 4.67 Å². The molecule has 0 aromatic rings. The number of rotatable bonds is 10. The zero-order valence-corrected chi connectivity index (χ0v) is 16.5. The third-order valence-electron chi connectivity index (χ3n) is 2.49. The Bertz CT molecular complexity index is 429. The Hall–Kier alpha value is 0.0600. The van der Waals surface area contributed by atoms with Crippen LogP contribution in [-0.2, 0) is 25.9 Å². The van der Waals surface area contributed by atoms with Crippen LogP contribution >= 0.6 is 29.2 Å². The lowest BCUT2D eigenvalue weighted by atomic mass is 10.3. The fourth-order valence-corrected chi connectivity index (χ4v) is 8.59. The molecule has 2 unspecified atom stereocenters. The molecule has 0 rings (SSSR count). The van der Waals surface area contributed by atoms with E-state index in [1.807, 2.05) is 6.92 Å². The first-order valence-electron chi connectivity index (χ1n) is 6.87. The monoisotopic (exact) mass is 369 g/mol. The SMILES string of the molecule is CCOC(=O)C(C)=CN(C=S)P(=S)(OCC)SC(C)CC. The summed E-state index contributed by atoms with van der Waals surface area (Å²) in [6.45, 7) is 10.4. The van der Waals surface area contributed by atoms with Crippen LogP contribution in [0.25, 0.3) is 0 Å². The topological polar surface area (TPSA) is 38.8 Å². The van der Waals surface area contributed by atoms with E-state index in [1.54, 1.807) is 36.1 Å². The highest BCUT2D eigenvalue weighted by Crippen LogP contribution is 2.64. The largest absolute Gasteiger partial charge is 0.463 e. The van der Waals surface area contributed by atoms with Crippen LogP contribution in [0.15, 0.2) is 11.8 Å². The maximum atomic E-state index is 11.7. The molecule has 0 radical (unpaired) electrons. The highest BCUT2D eigenvalue weighted by molar-refractivity contribution is 8.69. The number of ether oxygens (including phenoxy) is 1. The van der Waals surface area contributed by atoms with Gasteiger partial charge in [-0.15, -0.1) is 0 Å². The van der Waals surface area contributed by atoms with E-state index in [0.717, 1.165) is 6.42 Å². The van der Waals surface area contributed by atoms with Gasteiger partial charge in [-0.1, -0.05) is 37.4 Å². The molecule has 2 atom stereocenters. The van der Waals surface area contributed by atoms with Crippen molar-refractivity contribution in [2.75, 3.05) is 13.2 Å². The van der Waals surface area contributed by atoms with Crippen LogP contribution in [0.1, 0.15) is 41.0 Å². The predicted octanol–water partition coefficient (Wildman–Crippen LogP) is 4.51. The van der Waals surface area contributed by atoms with Crippen molar-refractivity contribution in [2.45, 2.75) is 46.3 Å². The fourth-order valence-electron chi connectivity index (χ4n) is 1.27. The van der Waals surface area contributed by atoms with Gasteiger partial charge >= 0.3 is 5.97 Å². The maximum absolute atomic E-state index is 11.7. The Labute approximate surface area is 142 Å². The van der Waals surface area contributed by atoms with Crippen LogP contribution < -0.4 is 0 Å². The summed E-state index contributed by atoms with van der Waals surface area (Å²) in [7, 11) is 0. The van der Waals surface area contributed by atoms with E-state index in [1.165, 1.54) is 5.49 Å². The highest BCUT2D eigenvalue weighted by Gasteiger charge is 2.27. The second-order valence-electron chi connectivity index (χ2n) is 4.23. The Morgan fingerprint density at radius 3 is 2.43 bits per heavy atom. The number of hydrogen-bond donors (Lipinski definition) is 0. The van der Waals surface area contributed by atoms with Crippen molar-refractivity contribution in [2.24, 2.45) is 0 Å². The lowest BCUT2D eigenvalue weighted by Crippen LogP contribution is -2.15. The van der Waals surface area contributed by atoms with Crippen LogP contribution in [0, 0.1) is 0 Å². The van der Waals surface area contributed by atoms with Gasteiger partial charge in [0, 0.05) is 11.4 Å². The van der Waals surface area contributed by atoms with Gasteiger partial charge in [0.2, 0.25) is 5.62 Å². The molecule has 0 amide bonds. The summed E-state index contributed by atoms with van der Waals surface area (Å²) in [5.74, 6) is -0.370. The van der Waals surface area contributed by atoms with Crippen molar-refractivity contribution in [3.05, 3.63) is 11.8 Å². The molecule has 0 heterocycles. The summed E-state index contributed by atoms with van der Waals surface area (Å²) >= 11 is 12.4. The van der Waals surface area contributed by atoms with Gasteiger partial charge in [0.25, 0.3) is 0 Å². The van der Waals surface area contributed by atoms with Crippen molar-refractivity contribution >= 4 is 52.5 Å². The summed E-state index contributed by atoms with van der Waals surface area (Å²) in [5.41, 5.74) is -0.467. The molecule has 0 aromatic heterocycles. The molecular formula is C13H24NO3PS3. The first-order chi connectivity index (χ1) is 9.84. The summed E-state index contributed by atoms with van der Waals surface area (Å²) in [6.07, 6.45) is 2.62. The Kier molecular flexibility index (Phi) is 10.8. The van der Waals surface area contributed by atoms with Crippen LogP contribution in [0.2, 0.25) is 0 Å². The first-order valence-corrected chi connectivity index (χ1v) is 11.5. The van der Waals surface area contributed by atoms with Gasteiger partial charge in [0.1, 0.15) is 0 Å². The Balaban J connectivity index is 5.33. The molecule has 21 heavy (non-hydrogen) atoms. The van der Waals surface area contributed by atoms with Gasteiger partial charge < -0.3 is 9.26 Å². The predicted molar refractivity (Wildman–Crippen MR) is 99.1 cm³/mol. The minimum Gasteiger partial charge on any atom is -0.463 e. The van der Waals surface area contributed by atoms with Crippen molar-refractivity contribution in [3.63, 3.8) is 0 Å². The minimum atomic E-state index is -2.38. The molecule has 0 aliphatic carbocycles. The van der Waals surface area contributed by atoms with E-state index in [4.69, 9.17) is 33.3 Å². The lowest BCUT2D eigenvalue weighted by Gasteiger charge is -2.31. The van der Waals surface area contributed by atoms with E-state index in [-0.39, 0.29) is 5.97 Å². The molecule has 0 bridgehead atoms. The average Bonchev–Trinajstić information content (AvgIpc) is 2.44. The van der Waals surface area contributed by atoms with Crippen LogP contribution in [0.5, 0.6) is 0 Å². The Morgan fingerprint density at radius 1 is 1.38 bits per heavy atom. The number of thiocarbonyl (C=S) groups is 1. The molecule has 0 fully saturated rings. The van der Waals surface area contributed by atoms with Gasteiger partial charge in [-0.05, 0) is 39.0 Å². The molecule has 0 saturated carbocycles. The molecule has 0 N–H and O–H groups in total. The number of carbonyl (C=O) groups excluding carboxylic acids is 1. The summed E-state index contributed by atoms with van der Waals surface area (Å²) in [5, 5.41) is 0.358. The molecule has 0 aliphatic rings. The van der Waals surface area contributed by atoms with Crippen molar-refractivity contribution < 1.29 is 14.1 Å². The van der Waals surface area contributed by atoms with Crippen LogP contribution in [-0.4, -0.2) is 34.6 Å². The van der Waals surface area contributed by atoms with E-state index in [2.05, 4.69) is 13.8 Å². The van der Waals surface area contributed by atoms with Crippen LogP contribution in [0.4, 0.5) is 0 Å². The van der Waals surface area contributed by atoms with Crippen molar-refractivity contribution in [3.8, 4) is 0 Å². The molecule has 0 spiro atoms. The quantitative estimate of drug-likeness (QED) is 0.243. The Morgan fingerprint density at radius 2 is 2.00 bits per heavy atom. The number of carbonyl (C=O) groups is 1. The molecule has 8 heteroatoms. The molecular weight excluding hydrogens is 345 g/mol. The zero-order chi connectivity index (χ0) is 16.5. The normalized spacial score (nSPS) is 16.0. The number of hydrogen-bond acceptors (Lipinski definition) is 6. The summed E-state index contributed by atoms with van der Waals surface area (Å²) < 4.78 is 12.5. The van der Waals surface area contributed by atoms with E-state index in [0.29, 0.717) is 24.0 Å². The van der Waals surface area contributed by atoms with Gasteiger partial charge in [-0.25, -0.2) is 4.79 Å². The fraction of sp³-hybridized carbons (Fsp3) is 0.692.